The fraction of sp³-hybridized carbons (Fsp3) is 0.0476. The van der Waals surface area contributed by atoms with Gasteiger partial charge < -0.3 is 9.97 Å². The smallest absolute Gasteiger partial charge is 0.197 e. The van der Waals surface area contributed by atoms with Crippen LogP contribution in [-0.4, -0.2) is 9.97 Å². The lowest BCUT2D eigenvalue weighted by Gasteiger charge is -2.08. The Balaban J connectivity index is 2.22. The van der Waals surface area contributed by atoms with Gasteiger partial charge in [0.15, 0.2) is 10.9 Å². The molecule has 2 heterocycles. The van der Waals surface area contributed by atoms with Crippen LogP contribution in [0.5, 0.6) is 0 Å². The van der Waals surface area contributed by atoms with Gasteiger partial charge in [0.05, 0.1) is 11.0 Å². The van der Waals surface area contributed by atoms with E-state index in [0.29, 0.717) is 38.4 Å². The van der Waals surface area contributed by atoms with E-state index in [9.17, 15) is 9.59 Å². The van der Waals surface area contributed by atoms with Crippen LogP contribution in [0, 0.1) is 0 Å². The van der Waals surface area contributed by atoms with Crippen LogP contribution < -0.4 is 10.9 Å². The van der Waals surface area contributed by atoms with Crippen LogP contribution >= 0.6 is 0 Å². The molecule has 0 aliphatic heterocycles. The first-order chi connectivity index (χ1) is 12.1. The number of rotatable bonds is 2. The molecule has 4 nitrogen and oxygen atoms in total. The Labute approximate surface area is 143 Å². The number of nitrogens with one attached hydrogen (secondary N) is 2. The number of hydrogen-bond acceptors (Lipinski definition) is 2. The molecule has 4 aromatic rings. The van der Waals surface area contributed by atoms with Gasteiger partial charge in [-0.2, -0.15) is 0 Å². The quantitative estimate of drug-likeness (QED) is 0.542. The zero-order valence-corrected chi connectivity index (χ0v) is 13.7. The largest absolute Gasteiger partial charge is 0.354 e. The molecule has 0 saturated carbocycles. The zero-order chi connectivity index (χ0) is 17.6. The first kappa shape index (κ1) is 15.1. The van der Waals surface area contributed by atoms with Gasteiger partial charge in [-0.05, 0) is 37.3 Å². The van der Waals surface area contributed by atoms with Gasteiger partial charge in [0.25, 0.3) is 0 Å². The minimum atomic E-state index is -0.133. The van der Waals surface area contributed by atoms with E-state index in [1.165, 1.54) is 0 Å². The molecule has 25 heavy (non-hydrogen) atoms. The fourth-order valence-corrected chi connectivity index (χ4v) is 3.24. The number of benzene rings is 2. The number of hydrogen-bond donors (Lipinski definition) is 2. The average molecular weight is 328 g/mol. The van der Waals surface area contributed by atoms with E-state index in [1.54, 1.807) is 18.2 Å². The van der Waals surface area contributed by atoms with Crippen LogP contribution in [-0.2, 0) is 0 Å². The second-order valence-corrected chi connectivity index (χ2v) is 5.93. The van der Waals surface area contributed by atoms with Crippen LogP contribution in [0.4, 0.5) is 0 Å². The molecule has 2 aromatic carbocycles. The van der Waals surface area contributed by atoms with Gasteiger partial charge >= 0.3 is 0 Å². The molecule has 4 heteroatoms. The summed E-state index contributed by atoms with van der Waals surface area (Å²) in [6.45, 7) is 5.63. The summed E-state index contributed by atoms with van der Waals surface area (Å²) in [5.74, 6) is 0. The molecule has 0 aliphatic rings. The third-order valence-corrected chi connectivity index (χ3v) is 4.43. The number of H-pyrrole nitrogens is 2. The van der Waals surface area contributed by atoms with Crippen LogP contribution in [0.3, 0.4) is 0 Å². The summed E-state index contributed by atoms with van der Waals surface area (Å²) < 4.78 is 0. The molecule has 0 radical (unpaired) electrons. The number of para-hydroxylation sites is 1. The number of fused-ring (bicyclic) bond motifs is 3. The Hall–Kier alpha value is -3.40. The van der Waals surface area contributed by atoms with Crippen molar-refractivity contribution in [2.45, 2.75) is 6.92 Å². The molecule has 0 amide bonds. The lowest BCUT2D eigenvalue weighted by atomic mass is 10.0. The number of allylic oxidation sites excluding steroid dienone is 1. The highest BCUT2D eigenvalue weighted by Gasteiger charge is 2.12. The normalized spacial score (nSPS) is 11.7. The van der Waals surface area contributed by atoms with Gasteiger partial charge in [-0.15, -0.1) is 0 Å². The summed E-state index contributed by atoms with van der Waals surface area (Å²) in [6, 6.07) is 10.9. The first-order valence-corrected chi connectivity index (χ1v) is 8.04. The van der Waals surface area contributed by atoms with Crippen molar-refractivity contribution in [3.63, 3.8) is 0 Å². The molecule has 122 valence electrons. The number of pyridine rings is 2. The number of aromatic nitrogens is 2. The van der Waals surface area contributed by atoms with Crippen LogP contribution in [0.25, 0.3) is 44.9 Å². The molecule has 0 spiro atoms. The van der Waals surface area contributed by atoms with Crippen LogP contribution in [0.2, 0.25) is 0 Å². The third kappa shape index (κ3) is 2.22. The molecular weight excluding hydrogens is 312 g/mol. The maximum atomic E-state index is 12.8. The van der Waals surface area contributed by atoms with Gasteiger partial charge in [-0.25, -0.2) is 0 Å². The van der Waals surface area contributed by atoms with Gasteiger partial charge in [-0.3, -0.25) is 9.59 Å². The maximum absolute atomic E-state index is 12.8. The summed E-state index contributed by atoms with van der Waals surface area (Å²) >= 11 is 0. The van der Waals surface area contributed by atoms with Crippen LogP contribution in [0.1, 0.15) is 18.2 Å². The SMILES string of the molecule is C=Cc1c(/C=C\C)[nH]c2cc3[nH]c4ccccc4c(=O)c3cc2c1=O. The molecule has 2 aromatic heterocycles. The van der Waals surface area contributed by atoms with E-state index >= 15 is 0 Å². The van der Waals surface area contributed by atoms with Gasteiger partial charge in [0.1, 0.15) is 0 Å². The highest BCUT2D eigenvalue weighted by atomic mass is 16.1. The molecule has 0 bridgehead atoms. The highest BCUT2D eigenvalue weighted by Crippen LogP contribution is 2.21. The molecule has 0 aliphatic carbocycles. The monoisotopic (exact) mass is 328 g/mol. The Morgan fingerprint density at radius 3 is 2.36 bits per heavy atom. The molecule has 0 unspecified atom stereocenters. The Morgan fingerprint density at radius 1 is 0.880 bits per heavy atom. The third-order valence-electron chi connectivity index (χ3n) is 4.43. The van der Waals surface area contributed by atoms with E-state index in [-0.39, 0.29) is 10.9 Å². The van der Waals surface area contributed by atoms with Crippen LogP contribution in [0.15, 0.2) is 58.6 Å². The Morgan fingerprint density at radius 2 is 1.60 bits per heavy atom. The predicted molar refractivity (Wildman–Crippen MR) is 105 cm³/mol. The summed E-state index contributed by atoms with van der Waals surface area (Å²) in [7, 11) is 0. The van der Waals surface area contributed by atoms with Crippen molar-refractivity contribution in [3.8, 4) is 0 Å². The van der Waals surface area contributed by atoms with Crippen molar-refractivity contribution in [3.05, 3.63) is 80.8 Å². The van der Waals surface area contributed by atoms with Crippen molar-refractivity contribution < 1.29 is 0 Å². The highest BCUT2D eigenvalue weighted by molar-refractivity contribution is 6.00. The topological polar surface area (TPSA) is 65.7 Å². The summed E-state index contributed by atoms with van der Waals surface area (Å²) in [6.07, 6.45) is 5.24. The second-order valence-electron chi connectivity index (χ2n) is 5.93. The average Bonchev–Trinajstić information content (AvgIpc) is 2.61. The summed E-state index contributed by atoms with van der Waals surface area (Å²) in [5, 5.41) is 1.60. The Bertz CT molecular complexity index is 1310. The molecular formula is C21H16N2O2. The minimum Gasteiger partial charge on any atom is -0.354 e. The van der Waals surface area contributed by atoms with E-state index in [1.807, 2.05) is 43.3 Å². The lowest BCUT2D eigenvalue weighted by Crippen LogP contribution is -2.11. The summed E-state index contributed by atoms with van der Waals surface area (Å²) in [4.78, 5) is 32.2. The van der Waals surface area contributed by atoms with Crippen molar-refractivity contribution >= 4 is 44.9 Å². The molecule has 2 N–H and O–H groups in total. The van der Waals surface area contributed by atoms with E-state index in [2.05, 4.69) is 16.5 Å². The van der Waals surface area contributed by atoms with Crippen molar-refractivity contribution in [1.29, 1.82) is 0 Å². The minimum absolute atomic E-state index is 0.0802. The zero-order valence-electron chi connectivity index (χ0n) is 13.7. The summed E-state index contributed by atoms with van der Waals surface area (Å²) in [5.41, 5.74) is 3.15. The molecule has 4 rings (SSSR count). The maximum Gasteiger partial charge on any atom is 0.197 e. The van der Waals surface area contributed by atoms with E-state index < -0.39 is 0 Å². The van der Waals surface area contributed by atoms with Gasteiger partial charge in [0.2, 0.25) is 0 Å². The molecule has 0 fully saturated rings. The first-order valence-electron chi connectivity index (χ1n) is 8.04. The molecule has 0 saturated heterocycles. The van der Waals surface area contributed by atoms with Gasteiger partial charge in [-0.1, -0.05) is 30.9 Å². The van der Waals surface area contributed by atoms with Crippen molar-refractivity contribution in [2.75, 3.05) is 0 Å². The Kier molecular flexibility index (Phi) is 3.39. The number of aromatic amines is 2. The van der Waals surface area contributed by atoms with Crippen molar-refractivity contribution in [2.24, 2.45) is 0 Å². The van der Waals surface area contributed by atoms with Crippen molar-refractivity contribution in [1.82, 2.24) is 9.97 Å². The van der Waals surface area contributed by atoms with E-state index in [0.717, 1.165) is 5.52 Å². The van der Waals surface area contributed by atoms with E-state index in [4.69, 9.17) is 0 Å². The predicted octanol–water partition coefficient (Wildman–Crippen LogP) is 4.20. The van der Waals surface area contributed by atoms with Gasteiger partial charge in [0, 0.05) is 32.9 Å². The molecule has 0 atom stereocenters. The standard InChI is InChI=1S/C21H16N2O2/c1-3-7-16-12(4-2)20(24)14-10-15-19(11-18(14)22-16)23-17-9-6-5-8-13(17)21(15)25/h3-11H,2H2,1H3,(H,22,24)(H,23,25)/b7-3-. The lowest BCUT2D eigenvalue weighted by molar-refractivity contribution is 1.33. The fourth-order valence-electron chi connectivity index (χ4n) is 3.24. The second kappa shape index (κ2) is 5.60.